The second kappa shape index (κ2) is 14.0. The molecule has 4 rings (SSSR count). The Morgan fingerprint density at radius 2 is 1.37 bits per heavy atom. The molecule has 4 nitrogen and oxygen atoms in total. The molecule has 1 aliphatic carbocycles. The predicted octanol–water partition coefficient (Wildman–Crippen LogP) is 9.03. The number of hydrogen-bond donors (Lipinski definition) is 0. The molecule has 38 heavy (non-hydrogen) atoms. The van der Waals surface area contributed by atoms with Crippen LogP contribution in [0.1, 0.15) is 93.6 Å². The van der Waals surface area contributed by atoms with Crippen LogP contribution in [0.5, 0.6) is 17.2 Å². The van der Waals surface area contributed by atoms with Crippen LogP contribution in [0.15, 0.2) is 60.7 Å². The van der Waals surface area contributed by atoms with E-state index in [9.17, 15) is 4.79 Å². The molecule has 0 saturated heterocycles. The minimum absolute atomic E-state index is 0.351. The molecule has 0 fully saturated rings. The summed E-state index contributed by atoms with van der Waals surface area (Å²) in [6.07, 6.45) is 10.8. The Balaban J connectivity index is 1.28. The highest BCUT2D eigenvalue weighted by atomic mass is 16.5. The lowest BCUT2D eigenvalue weighted by molar-refractivity contribution is 0.0734. The van der Waals surface area contributed by atoms with Crippen molar-refractivity contribution in [3.8, 4) is 28.4 Å². The summed E-state index contributed by atoms with van der Waals surface area (Å²) in [5, 5.41) is 0. The summed E-state index contributed by atoms with van der Waals surface area (Å²) in [5.41, 5.74) is 5.35. The molecule has 3 aromatic carbocycles. The van der Waals surface area contributed by atoms with E-state index in [0.717, 1.165) is 42.9 Å². The standard InChI is InChI=1S/C34H42O4/c1-4-6-7-8-9-10-11-20-36-31-17-19-33-28(23-31)22-27-21-26(12-18-32(27)33)34(35)38-30-15-13-29(14-16-30)37-24-25(3)5-2/h12-19,21,23,25H,4-11,20,22,24H2,1-3H3. The van der Waals surface area contributed by atoms with Crippen LogP contribution in [0.2, 0.25) is 0 Å². The Morgan fingerprint density at radius 3 is 2.11 bits per heavy atom. The molecule has 0 saturated carbocycles. The molecule has 0 radical (unpaired) electrons. The van der Waals surface area contributed by atoms with Crippen LogP contribution in [-0.4, -0.2) is 19.2 Å². The normalized spacial score (nSPS) is 12.5. The first-order valence-corrected chi connectivity index (χ1v) is 14.4. The molecule has 1 aliphatic rings. The van der Waals surface area contributed by atoms with Gasteiger partial charge in [0.05, 0.1) is 18.8 Å². The lowest BCUT2D eigenvalue weighted by Gasteiger charge is -2.11. The molecule has 1 atom stereocenters. The van der Waals surface area contributed by atoms with Gasteiger partial charge in [0.1, 0.15) is 17.2 Å². The number of carbonyl (C=O) groups excluding carboxylic acids is 1. The van der Waals surface area contributed by atoms with Gasteiger partial charge in [-0.15, -0.1) is 0 Å². The molecule has 0 spiro atoms. The zero-order valence-corrected chi connectivity index (χ0v) is 23.3. The highest BCUT2D eigenvalue weighted by molar-refractivity contribution is 5.93. The monoisotopic (exact) mass is 514 g/mol. The molecule has 0 N–H and O–H groups in total. The number of rotatable bonds is 15. The van der Waals surface area contributed by atoms with Crippen molar-refractivity contribution in [2.24, 2.45) is 5.92 Å². The third-order valence-corrected chi connectivity index (χ3v) is 7.37. The van der Waals surface area contributed by atoms with Crippen LogP contribution >= 0.6 is 0 Å². The van der Waals surface area contributed by atoms with Crippen LogP contribution in [0, 0.1) is 5.92 Å². The van der Waals surface area contributed by atoms with E-state index in [1.807, 2.05) is 30.3 Å². The topological polar surface area (TPSA) is 44.8 Å². The van der Waals surface area contributed by atoms with Gasteiger partial charge in [0.15, 0.2) is 0 Å². The first-order chi connectivity index (χ1) is 18.6. The lowest BCUT2D eigenvalue weighted by atomic mass is 10.0. The molecule has 4 heteroatoms. The van der Waals surface area contributed by atoms with Gasteiger partial charge in [-0.2, -0.15) is 0 Å². The predicted molar refractivity (Wildman–Crippen MR) is 155 cm³/mol. The molecule has 0 aromatic heterocycles. The highest BCUT2D eigenvalue weighted by Crippen LogP contribution is 2.39. The van der Waals surface area contributed by atoms with Crippen molar-refractivity contribution in [1.82, 2.24) is 0 Å². The molecular weight excluding hydrogens is 472 g/mol. The molecule has 0 bridgehead atoms. The Kier molecular flexibility index (Phi) is 10.3. The van der Waals surface area contributed by atoms with Crippen LogP contribution < -0.4 is 14.2 Å². The Labute approximate surface area is 228 Å². The van der Waals surface area contributed by atoms with Crippen molar-refractivity contribution in [2.45, 2.75) is 78.6 Å². The minimum Gasteiger partial charge on any atom is -0.494 e. The van der Waals surface area contributed by atoms with Gasteiger partial charge in [0, 0.05) is 0 Å². The molecule has 1 unspecified atom stereocenters. The first-order valence-electron chi connectivity index (χ1n) is 14.4. The van der Waals surface area contributed by atoms with Crippen molar-refractivity contribution in [3.63, 3.8) is 0 Å². The van der Waals surface area contributed by atoms with Crippen molar-refractivity contribution in [2.75, 3.05) is 13.2 Å². The maximum Gasteiger partial charge on any atom is 0.343 e. The number of esters is 1. The summed E-state index contributed by atoms with van der Waals surface area (Å²) in [7, 11) is 0. The summed E-state index contributed by atoms with van der Waals surface area (Å²) in [5.74, 6) is 2.38. The quantitative estimate of drug-likeness (QED) is 0.0902. The van der Waals surface area contributed by atoms with Gasteiger partial charge in [0.2, 0.25) is 0 Å². The second-order valence-electron chi connectivity index (χ2n) is 10.5. The van der Waals surface area contributed by atoms with E-state index in [-0.39, 0.29) is 5.97 Å². The number of fused-ring (bicyclic) bond motifs is 3. The highest BCUT2D eigenvalue weighted by Gasteiger charge is 2.21. The van der Waals surface area contributed by atoms with Gasteiger partial charge in [-0.3, -0.25) is 0 Å². The third kappa shape index (κ3) is 7.63. The maximum absolute atomic E-state index is 12.9. The summed E-state index contributed by atoms with van der Waals surface area (Å²) >= 11 is 0. The number of hydrogen-bond acceptors (Lipinski definition) is 4. The van der Waals surface area contributed by atoms with E-state index in [4.69, 9.17) is 14.2 Å². The smallest absolute Gasteiger partial charge is 0.343 e. The number of carbonyl (C=O) groups is 1. The summed E-state index contributed by atoms with van der Waals surface area (Å²) < 4.78 is 17.5. The van der Waals surface area contributed by atoms with Gasteiger partial charge < -0.3 is 14.2 Å². The van der Waals surface area contributed by atoms with E-state index in [1.54, 1.807) is 12.1 Å². The van der Waals surface area contributed by atoms with Gasteiger partial charge in [-0.05, 0) is 89.5 Å². The minimum atomic E-state index is -0.351. The Morgan fingerprint density at radius 1 is 0.737 bits per heavy atom. The van der Waals surface area contributed by atoms with Crippen LogP contribution in [-0.2, 0) is 6.42 Å². The van der Waals surface area contributed by atoms with E-state index in [0.29, 0.717) is 23.8 Å². The zero-order valence-electron chi connectivity index (χ0n) is 23.3. The third-order valence-electron chi connectivity index (χ3n) is 7.37. The molecule has 0 heterocycles. The van der Waals surface area contributed by atoms with Crippen molar-refractivity contribution in [1.29, 1.82) is 0 Å². The fraction of sp³-hybridized carbons (Fsp3) is 0.441. The molecule has 0 amide bonds. The van der Waals surface area contributed by atoms with Crippen LogP contribution in [0.4, 0.5) is 0 Å². The summed E-state index contributed by atoms with van der Waals surface area (Å²) in [4.78, 5) is 12.9. The summed E-state index contributed by atoms with van der Waals surface area (Å²) in [6, 6.07) is 19.4. The average molecular weight is 515 g/mol. The first kappa shape index (κ1) is 27.8. The van der Waals surface area contributed by atoms with Crippen LogP contribution in [0.3, 0.4) is 0 Å². The number of unbranched alkanes of at least 4 members (excludes halogenated alkanes) is 6. The van der Waals surface area contributed by atoms with Gasteiger partial charge in [0.25, 0.3) is 0 Å². The fourth-order valence-electron chi connectivity index (χ4n) is 4.78. The zero-order chi connectivity index (χ0) is 26.7. The SMILES string of the molecule is CCCCCCCCCOc1ccc2c(c1)Cc1cc(C(=O)Oc3ccc(OCC(C)CC)cc3)ccc1-2. The van der Waals surface area contributed by atoms with E-state index < -0.39 is 0 Å². The number of ether oxygens (including phenoxy) is 3. The largest absolute Gasteiger partial charge is 0.494 e. The van der Waals surface area contributed by atoms with Crippen molar-refractivity contribution >= 4 is 5.97 Å². The van der Waals surface area contributed by atoms with Gasteiger partial charge in [-0.1, -0.05) is 77.8 Å². The van der Waals surface area contributed by atoms with Gasteiger partial charge >= 0.3 is 5.97 Å². The maximum atomic E-state index is 12.9. The van der Waals surface area contributed by atoms with E-state index >= 15 is 0 Å². The van der Waals surface area contributed by atoms with Gasteiger partial charge in [-0.25, -0.2) is 4.79 Å². The van der Waals surface area contributed by atoms with E-state index in [2.05, 4.69) is 39.0 Å². The molecular formula is C34H42O4. The molecule has 3 aromatic rings. The Hall–Kier alpha value is -3.27. The average Bonchev–Trinajstić information content (AvgIpc) is 3.31. The fourth-order valence-corrected chi connectivity index (χ4v) is 4.78. The Bertz CT molecular complexity index is 1180. The second-order valence-corrected chi connectivity index (χ2v) is 10.5. The van der Waals surface area contributed by atoms with Crippen molar-refractivity contribution < 1.29 is 19.0 Å². The molecule has 0 aliphatic heterocycles. The summed E-state index contributed by atoms with van der Waals surface area (Å²) in [6.45, 7) is 8.01. The lowest BCUT2D eigenvalue weighted by Crippen LogP contribution is -2.09. The number of benzene rings is 3. The molecule has 202 valence electrons. The van der Waals surface area contributed by atoms with Crippen LogP contribution in [0.25, 0.3) is 11.1 Å². The van der Waals surface area contributed by atoms with Crippen molar-refractivity contribution in [3.05, 3.63) is 77.4 Å². The van der Waals surface area contributed by atoms with E-state index in [1.165, 1.54) is 55.2 Å².